The summed E-state index contributed by atoms with van der Waals surface area (Å²) in [6.45, 7) is 4.74. The number of piperidine rings is 1. The Morgan fingerprint density at radius 2 is 2.13 bits per heavy atom. The highest BCUT2D eigenvalue weighted by molar-refractivity contribution is 5.96. The van der Waals surface area contributed by atoms with Gasteiger partial charge in [0.05, 0.1) is 48.2 Å². The predicted molar refractivity (Wildman–Crippen MR) is 143 cm³/mol. The first-order chi connectivity index (χ1) is 18.4. The van der Waals surface area contributed by atoms with Crippen molar-refractivity contribution in [1.29, 1.82) is 5.26 Å². The van der Waals surface area contributed by atoms with Gasteiger partial charge < -0.3 is 30.4 Å². The molecule has 4 heterocycles. The fourth-order valence-corrected chi connectivity index (χ4v) is 5.58. The van der Waals surface area contributed by atoms with Crippen molar-refractivity contribution in [3.05, 3.63) is 53.5 Å². The van der Waals surface area contributed by atoms with Gasteiger partial charge in [0.2, 0.25) is 0 Å². The van der Waals surface area contributed by atoms with E-state index in [0.29, 0.717) is 58.3 Å². The van der Waals surface area contributed by atoms with E-state index < -0.39 is 0 Å². The molecule has 2 aromatic carbocycles. The van der Waals surface area contributed by atoms with E-state index in [1.165, 1.54) is 12.1 Å². The highest BCUT2D eigenvalue weighted by Crippen LogP contribution is 2.43. The third-order valence-corrected chi connectivity index (χ3v) is 7.29. The molecule has 2 unspecified atom stereocenters. The van der Waals surface area contributed by atoms with Crippen LogP contribution in [-0.4, -0.2) is 60.4 Å². The van der Waals surface area contributed by atoms with E-state index in [0.717, 1.165) is 36.3 Å². The van der Waals surface area contributed by atoms with Crippen molar-refractivity contribution >= 4 is 22.5 Å². The summed E-state index contributed by atoms with van der Waals surface area (Å²) in [5.41, 5.74) is 11.9. The average Bonchev–Trinajstić information content (AvgIpc) is 3.35. The maximum atomic E-state index is 14.6. The number of anilines is 2. The van der Waals surface area contributed by atoms with Crippen LogP contribution in [0.4, 0.5) is 15.9 Å². The summed E-state index contributed by atoms with van der Waals surface area (Å²) >= 11 is 0. The molecule has 2 atom stereocenters. The second-order valence-electron chi connectivity index (χ2n) is 9.77. The Kier molecular flexibility index (Phi) is 6.10. The molecule has 6 rings (SSSR count). The minimum absolute atomic E-state index is 0.00999. The predicted octanol–water partition coefficient (Wildman–Crippen LogP) is 3.77. The first-order valence-corrected chi connectivity index (χ1v) is 12.6. The first-order valence-electron chi connectivity index (χ1n) is 12.6. The second-order valence-corrected chi connectivity index (χ2v) is 9.77. The van der Waals surface area contributed by atoms with Crippen molar-refractivity contribution in [2.75, 3.05) is 44.0 Å². The summed E-state index contributed by atoms with van der Waals surface area (Å²) in [6, 6.07) is 10.8. The number of nitrogens with one attached hydrogen (secondary N) is 2. The third kappa shape index (κ3) is 4.20. The molecule has 10 heteroatoms. The zero-order valence-corrected chi connectivity index (χ0v) is 21.2. The molecule has 194 valence electrons. The molecular formula is C28H28FN7O2. The first kappa shape index (κ1) is 24.2. The molecule has 0 saturated carbocycles. The van der Waals surface area contributed by atoms with Gasteiger partial charge in [-0.25, -0.2) is 14.4 Å². The third-order valence-electron chi connectivity index (χ3n) is 7.29. The van der Waals surface area contributed by atoms with E-state index in [1.54, 1.807) is 25.4 Å². The number of aromatic amines is 1. The normalized spacial score (nSPS) is 19.3. The number of nitrogen functional groups attached to an aromatic ring is 1. The summed E-state index contributed by atoms with van der Waals surface area (Å²) in [5, 5.41) is 13.0. The minimum Gasteiger partial charge on any atom is -0.494 e. The zero-order valence-electron chi connectivity index (χ0n) is 21.2. The fraction of sp³-hybridized carbons (Fsp3) is 0.321. The molecule has 4 N–H and O–H groups in total. The molecule has 2 fully saturated rings. The number of ether oxygens (including phenoxy) is 2. The van der Waals surface area contributed by atoms with E-state index in [2.05, 4.69) is 26.3 Å². The van der Waals surface area contributed by atoms with Gasteiger partial charge in [0.15, 0.2) is 0 Å². The number of fused-ring (bicyclic) bond motifs is 2. The minimum atomic E-state index is -0.319. The van der Waals surface area contributed by atoms with Crippen molar-refractivity contribution in [2.24, 2.45) is 0 Å². The van der Waals surface area contributed by atoms with E-state index in [4.69, 9.17) is 20.2 Å². The van der Waals surface area contributed by atoms with E-state index in [-0.39, 0.29) is 18.0 Å². The monoisotopic (exact) mass is 513 g/mol. The summed E-state index contributed by atoms with van der Waals surface area (Å²) in [6.07, 6.45) is 2.59. The highest BCUT2D eigenvalue weighted by Gasteiger charge is 2.35. The van der Waals surface area contributed by atoms with Crippen LogP contribution in [0, 0.1) is 24.1 Å². The molecule has 2 aromatic heterocycles. The number of aromatic nitrogens is 3. The number of rotatable bonds is 4. The molecule has 0 spiro atoms. The van der Waals surface area contributed by atoms with Crippen molar-refractivity contribution in [2.45, 2.75) is 25.5 Å². The van der Waals surface area contributed by atoms with Crippen molar-refractivity contribution < 1.29 is 13.9 Å². The van der Waals surface area contributed by atoms with Crippen LogP contribution >= 0.6 is 0 Å². The fourth-order valence-electron chi connectivity index (χ4n) is 5.58. The molecule has 2 saturated heterocycles. The summed E-state index contributed by atoms with van der Waals surface area (Å²) in [4.78, 5) is 14.9. The Morgan fingerprint density at radius 1 is 1.26 bits per heavy atom. The Hall–Kier alpha value is -4.20. The second kappa shape index (κ2) is 9.59. The number of methoxy groups -OCH3 is 1. The Morgan fingerprint density at radius 3 is 2.92 bits per heavy atom. The quantitative estimate of drug-likeness (QED) is 0.377. The number of hydrogen-bond acceptors (Lipinski definition) is 8. The molecule has 0 aliphatic carbocycles. The van der Waals surface area contributed by atoms with E-state index >= 15 is 0 Å². The van der Waals surface area contributed by atoms with Crippen LogP contribution in [-0.2, 0) is 4.74 Å². The lowest BCUT2D eigenvalue weighted by Gasteiger charge is -2.43. The van der Waals surface area contributed by atoms with Gasteiger partial charge in [-0.05, 0) is 42.7 Å². The van der Waals surface area contributed by atoms with Crippen LogP contribution in [0.15, 0.2) is 36.5 Å². The number of morpholine rings is 1. The molecule has 2 aliphatic rings. The van der Waals surface area contributed by atoms with Gasteiger partial charge in [0.25, 0.3) is 0 Å². The largest absolute Gasteiger partial charge is 0.494 e. The maximum absolute atomic E-state index is 14.6. The van der Waals surface area contributed by atoms with Gasteiger partial charge >= 0.3 is 0 Å². The number of imidazole rings is 1. The molecule has 4 aromatic rings. The van der Waals surface area contributed by atoms with Gasteiger partial charge in [-0.15, -0.1) is 0 Å². The van der Waals surface area contributed by atoms with Crippen LogP contribution in [0.1, 0.15) is 17.5 Å². The summed E-state index contributed by atoms with van der Waals surface area (Å²) < 4.78 is 26.2. The summed E-state index contributed by atoms with van der Waals surface area (Å²) in [5.74, 6) is 0.947. The molecule has 2 aliphatic heterocycles. The molecule has 38 heavy (non-hydrogen) atoms. The van der Waals surface area contributed by atoms with Gasteiger partial charge in [0, 0.05) is 43.5 Å². The van der Waals surface area contributed by atoms with Crippen molar-refractivity contribution in [1.82, 2.24) is 20.3 Å². The Labute approximate surface area is 219 Å². The number of aryl methyl sites for hydroxylation is 1. The maximum Gasteiger partial charge on any atom is 0.148 e. The van der Waals surface area contributed by atoms with Gasteiger partial charge in [0.1, 0.15) is 28.7 Å². The smallest absolute Gasteiger partial charge is 0.148 e. The van der Waals surface area contributed by atoms with Gasteiger partial charge in [-0.3, -0.25) is 0 Å². The lowest BCUT2D eigenvalue weighted by molar-refractivity contribution is -0.00899. The standard InChI is InChI=1S/C28H28FN7O2/c1-15-7-17(11-18(29)8-15)19-13-33-27(31)24(26(19)36-5-3-20-23(14-36)38-6-4-32-20)28-34-21-9-16(12-30)10-22(37-2)25(21)35-28/h7-11,13,20,23,32H,3-6,14H2,1-2H3,(H2,31,33)(H,34,35). The van der Waals surface area contributed by atoms with E-state index in [1.807, 2.05) is 13.0 Å². The number of hydrogen-bond donors (Lipinski definition) is 3. The van der Waals surface area contributed by atoms with Gasteiger partial charge in [-0.2, -0.15) is 5.26 Å². The number of H-pyrrole nitrogens is 1. The zero-order chi connectivity index (χ0) is 26.4. The number of nitrogens with zero attached hydrogens (tertiary/aromatic N) is 4. The molecule has 0 amide bonds. The average molecular weight is 514 g/mol. The Bertz CT molecular complexity index is 1560. The lowest BCUT2D eigenvalue weighted by atomic mass is 9.95. The van der Waals surface area contributed by atoms with Crippen LogP contribution in [0.3, 0.4) is 0 Å². The number of halogens is 1. The van der Waals surface area contributed by atoms with Crippen LogP contribution in [0.2, 0.25) is 0 Å². The molecule has 0 radical (unpaired) electrons. The SMILES string of the molecule is COc1cc(C#N)cc2[nH]c(-c3c(N)ncc(-c4cc(C)cc(F)c4)c3N3CCC4NCCOC4C3)nc12. The van der Waals surface area contributed by atoms with Crippen LogP contribution in [0.5, 0.6) is 5.75 Å². The van der Waals surface area contributed by atoms with Crippen molar-refractivity contribution in [3.8, 4) is 34.3 Å². The van der Waals surface area contributed by atoms with Gasteiger partial charge in [-0.1, -0.05) is 6.07 Å². The van der Waals surface area contributed by atoms with Crippen molar-refractivity contribution in [3.63, 3.8) is 0 Å². The molecule has 9 nitrogen and oxygen atoms in total. The molecular weight excluding hydrogens is 485 g/mol. The Balaban J connectivity index is 1.57. The highest BCUT2D eigenvalue weighted by atomic mass is 19.1. The summed E-state index contributed by atoms with van der Waals surface area (Å²) in [7, 11) is 1.54. The number of nitrogens with two attached hydrogens (primary N) is 1. The van der Waals surface area contributed by atoms with E-state index in [9.17, 15) is 9.65 Å². The number of nitriles is 1. The topological polar surface area (TPSA) is 125 Å². The number of benzene rings is 2. The molecule has 0 bridgehead atoms. The number of pyridine rings is 1. The lowest BCUT2D eigenvalue weighted by Crippen LogP contribution is -2.58. The van der Waals surface area contributed by atoms with Crippen LogP contribution < -0.4 is 20.7 Å². The van der Waals surface area contributed by atoms with Crippen LogP contribution in [0.25, 0.3) is 33.5 Å².